The van der Waals surface area contributed by atoms with Gasteiger partial charge in [-0.2, -0.15) is 4.99 Å². The highest BCUT2D eigenvalue weighted by atomic mass is 32.2. The van der Waals surface area contributed by atoms with Crippen molar-refractivity contribution < 1.29 is 9.90 Å². The Morgan fingerprint density at radius 1 is 1.32 bits per heavy atom. The zero-order valence-electron chi connectivity index (χ0n) is 12.4. The summed E-state index contributed by atoms with van der Waals surface area (Å²) in [4.78, 5) is 17.1. The van der Waals surface area contributed by atoms with Gasteiger partial charge in [-0.25, -0.2) is 0 Å². The van der Waals surface area contributed by atoms with Crippen LogP contribution in [0, 0.1) is 0 Å². The number of rotatable bonds is 3. The molecule has 5 heteroatoms. The molecule has 1 saturated heterocycles. The fourth-order valence-corrected chi connectivity index (χ4v) is 3.61. The summed E-state index contributed by atoms with van der Waals surface area (Å²) in [6, 6.07) is 14.1. The van der Waals surface area contributed by atoms with E-state index in [4.69, 9.17) is 0 Å². The molecular formula is C17H18N2O2S. The number of nitrogens with zero attached hydrogens (tertiary/aromatic N) is 2. The first-order valence-corrected chi connectivity index (χ1v) is 8.26. The third kappa shape index (κ3) is 3.31. The third-order valence-electron chi connectivity index (χ3n) is 3.67. The van der Waals surface area contributed by atoms with Crippen LogP contribution in [-0.2, 0) is 4.79 Å². The van der Waals surface area contributed by atoms with E-state index in [1.54, 1.807) is 11.8 Å². The molecule has 0 aromatic heterocycles. The molecule has 2 aromatic carbocycles. The Morgan fingerprint density at radius 3 is 2.86 bits per heavy atom. The summed E-state index contributed by atoms with van der Waals surface area (Å²) in [7, 11) is 0. The Hall–Kier alpha value is -1.85. The number of carbonyl (C=O) groups is 1. The van der Waals surface area contributed by atoms with Crippen LogP contribution in [0.5, 0.6) is 0 Å². The van der Waals surface area contributed by atoms with Gasteiger partial charge in [-0.15, -0.1) is 0 Å². The molecule has 1 aliphatic rings. The highest BCUT2D eigenvalue weighted by molar-refractivity contribution is 8.14. The van der Waals surface area contributed by atoms with Gasteiger partial charge >= 0.3 is 0 Å². The van der Waals surface area contributed by atoms with Gasteiger partial charge in [-0.05, 0) is 22.4 Å². The zero-order chi connectivity index (χ0) is 15.5. The van der Waals surface area contributed by atoms with E-state index >= 15 is 0 Å². The van der Waals surface area contributed by atoms with Crippen LogP contribution in [-0.4, -0.2) is 39.9 Å². The molecule has 0 spiro atoms. The lowest BCUT2D eigenvalue weighted by atomic mass is 10.0. The van der Waals surface area contributed by atoms with Crippen molar-refractivity contribution in [2.24, 2.45) is 4.99 Å². The van der Waals surface area contributed by atoms with Gasteiger partial charge in [0.2, 0.25) is 5.91 Å². The molecule has 1 fully saturated rings. The summed E-state index contributed by atoms with van der Waals surface area (Å²) >= 11 is 1.56. The molecule has 0 aliphatic carbocycles. The average Bonchev–Trinajstić information content (AvgIpc) is 2.93. The van der Waals surface area contributed by atoms with Gasteiger partial charge in [-0.1, -0.05) is 48.2 Å². The average molecular weight is 314 g/mol. The number of thioether (sulfide) groups is 1. The highest BCUT2D eigenvalue weighted by Crippen LogP contribution is 2.24. The van der Waals surface area contributed by atoms with Crippen molar-refractivity contribution >= 4 is 33.6 Å². The van der Waals surface area contributed by atoms with Crippen molar-refractivity contribution in [1.29, 1.82) is 0 Å². The van der Waals surface area contributed by atoms with E-state index in [0.29, 0.717) is 11.7 Å². The molecular weight excluding hydrogens is 296 g/mol. The van der Waals surface area contributed by atoms with Gasteiger partial charge in [0.15, 0.2) is 5.17 Å². The molecule has 2 aromatic rings. The summed E-state index contributed by atoms with van der Waals surface area (Å²) in [6.07, 6.45) is -0.597. The number of amides is 1. The first-order valence-electron chi connectivity index (χ1n) is 7.27. The van der Waals surface area contributed by atoms with Crippen molar-refractivity contribution in [2.45, 2.75) is 13.0 Å². The summed E-state index contributed by atoms with van der Waals surface area (Å²) in [5, 5.41) is 13.5. The van der Waals surface area contributed by atoms with Crippen LogP contribution >= 0.6 is 11.8 Å². The smallest absolute Gasteiger partial charge is 0.244 e. The zero-order valence-corrected chi connectivity index (χ0v) is 13.2. The topological polar surface area (TPSA) is 52.9 Å². The van der Waals surface area contributed by atoms with Crippen molar-refractivity contribution in [2.75, 3.05) is 18.8 Å². The predicted molar refractivity (Wildman–Crippen MR) is 91.1 cm³/mol. The van der Waals surface area contributed by atoms with E-state index in [-0.39, 0.29) is 5.91 Å². The normalized spacial score (nSPS) is 18.1. The lowest BCUT2D eigenvalue weighted by molar-refractivity contribution is -0.115. The second kappa shape index (κ2) is 6.50. The van der Waals surface area contributed by atoms with Crippen molar-refractivity contribution in [1.82, 2.24) is 4.90 Å². The number of hydrogen-bond donors (Lipinski definition) is 1. The van der Waals surface area contributed by atoms with Crippen LogP contribution in [0.15, 0.2) is 47.5 Å². The Balaban J connectivity index is 1.78. The maximum absolute atomic E-state index is 11.2. The maximum Gasteiger partial charge on any atom is 0.244 e. The Labute approximate surface area is 133 Å². The minimum atomic E-state index is -0.597. The van der Waals surface area contributed by atoms with E-state index in [1.165, 1.54) is 6.92 Å². The molecule has 1 atom stereocenters. The molecule has 3 rings (SSSR count). The summed E-state index contributed by atoms with van der Waals surface area (Å²) in [5.41, 5.74) is 0.887. The van der Waals surface area contributed by atoms with Crippen LogP contribution < -0.4 is 0 Å². The molecule has 0 radical (unpaired) electrons. The van der Waals surface area contributed by atoms with Crippen molar-refractivity contribution in [3.05, 3.63) is 48.0 Å². The molecule has 0 bridgehead atoms. The summed E-state index contributed by atoms with van der Waals surface area (Å²) in [5.74, 6) is 0.700. The Bertz CT molecular complexity index is 729. The van der Waals surface area contributed by atoms with Crippen molar-refractivity contribution in [3.8, 4) is 0 Å². The second-order valence-corrected chi connectivity index (χ2v) is 6.39. The first-order chi connectivity index (χ1) is 10.6. The van der Waals surface area contributed by atoms with E-state index in [2.05, 4.69) is 11.1 Å². The molecule has 1 aliphatic heterocycles. The number of benzene rings is 2. The van der Waals surface area contributed by atoms with E-state index in [9.17, 15) is 9.90 Å². The molecule has 1 N–H and O–H groups in total. The summed E-state index contributed by atoms with van der Waals surface area (Å²) < 4.78 is 0. The molecule has 4 nitrogen and oxygen atoms in total. The van der Waals surface area contributed by atoms with Crippen LogP contribution in [0.25, 0.3) is 10.8 Å². The fraction of sp³-hybridized carbons (Fsp3) is 0.294. The predicted octanol–water partition coefficient (Wildman–Crippen LogP) is 2.82. The second-order valence-electron chi connectivity index (χ2n) is 5.33. The van der Waals surface area contributed by atoms with Crippen LogP contribution in [0.1, 0.15) is 18.6 Å². The SMILES string of the molecule is CC(=O)N=C1SCCN1CC(O)c1ccc2ccccc2c1. The number of carbonyl (C=O) groups excluding carboxylic acids is 1. The molecule has 1 heterocycles. The summed E-state index contributed by atoms with van der Waals surface area (Å²) in [6.45, 7) is 2.71. The number of β-amino-alcohol motifs (C(OH)–C–C–N with tert-alkyl or cyclic N) is 1. The fourth-order valence-electron chi connectivity index (χ4n) is 2.57. The van der Waals surface area contributed by atoms with E-state index in [0.717, 1.165) is 28.6 Å². The van der Waals surface area contributed by atoms with E-state index in [1.807, 2.05) is 41.3 Å². The highest BCUT2D eigenvalue weighted by Gasteiger charge is 2.23. The first kappa shape index (κ1) is 15.1. The molecule has 1 unspecified atom stereocenters. The van der Waals surface area contributed by atoms with Gasteiger partial charge in [0.1, 0.15) is 0 Å². The van der Waals surface area contributed by atoms with Crippen LogP contribution in [0.2, 0.25) is 0 Å². The largest absolute Gasteiger partial charge is 0.387 e. The van der Waals surface area contributed by atoms with Gasteiger partial charge < -0.3 is 10.0 Å². The number of fused-ring (bicyclic) bond motifs is 1. The molecule has 22 heavy (non-hydrogen) atoms. The number of amidine groups is 1. The lowest BCUT2D eigenvalue weighted by Gasteiger charge is -2.21. The monoisotopic (exact) mass is 314 g/mol. The minimum Gasteiger partial charge on any atom is -0.387 e. The van der Waals surface area contributed by atoms with Crippen LogP contribution in [0.3, 0.4) is 0 Å². The van der Waals surface area contributed by atoms with Gasteiger partial charge in [0, 0.05) is 19.2 Å². The van der Waals surface area contributed by atoms with Crippen LogP contribution in [0.4, 0.5) is 0 Å². The number of aliphatic hydroxyl groups is 1. The maximum atomic E-state index is 11.2. The number of aliphatic hydroxyl groups excluding tert-OH is 1. The van der Waals surface area contributed by atoms with Gasteiger partial charge in [0.05, 0.1) is 12.6 Å². The molecule has 1 amide bonds. The minimum absolute atomic E-state index is 0.199. The Morgan fingerprint density at radius 2 is 2.09 bits per heavy atom. The number of aliphatic imine (C=N–C) groups is 1. The number of hydrogen-bond acceptors (Lipinski definition) is 3. The standard InChI is InChI=1S/C17H18N2O2S/c1-12(20)18-17-19(8-9-22-17)11-16(21)15-7-6-13-4-2-3-5-14(13)10-15/h2-7,10,16,21H,8-9,11H2,1H3. The Kier molecular flexibility index (Phi) is 4.45. The quantitative estimate of drug-likeness (QED) is 0.946. The van der Waals surface area contributed by atoms with E-state index < -0.39 is 6.10 Å². The lowest BCUT2D eigenvalue weighted by Crippen LogP contribution is -2.30. The molecule has 0 saturated carbocycles. The van der Waals surface area contributed by atoms with Crippen molar-refractivity contribution in [3.63, 3.8) is 0 Å². The molecule has 114 valence electrons. The van der Waals surface area contributed by atoms with Gasteiger partial charge in [0.25, 0.3) is 0 Å². The third-order valence-corrected chi connectivity index (χ3v) is 4.66. The van der Waals surface area contributed by atoms with Gasteiger partial charge in [-0.3, -0.25) is 4.79 Å².